The average Bonchev–Trinajstić information content (AvgIpc) is 2.16. The van der Waals surface area contributed by atoms with Crippen molar-refractivity contribution in [3.05, 3.63) is 35.7 Å². The van der Waals surface area contributed by atoms with E-state index in [-0.39, 0.29) is 5.60 Å². The first-order valence-electron chi connectivity index (χ1n) is 5.40. The van der Waals surface area contributed by atoms with Gasteiger partial charge < -0.3 is 10.1 Å². The molecule has 0 spiro atoms. The van der Waals surface area contributed by atoms with Crippen molar-refractivity contribution in [2.75, 3.05) is 7.05 Å². The van der Waals surface area contributed by atoms with Crippen LogP contribution in [-0.2, 0) is 6.54 Å². The van der Waals surface area contributed by atoms with Crippen molar-refractivity contribution in [1.82, 2.24) is 5.32 Å². The van der Waals surface area contributed by atoms with Crippen molar-refractivity contribution in [2.24, 2.45) is 0 Å². The molecule has 1 N–H and O–H groups in total. The molecule has 0 aromatic heterocycles. The molecule has 15 heavy (non-hydrogen) atoms. The Bertz CT molecular complexity index is 358. The summed E-state index contributed by atoms with van der Waals surface area (Å²) < 4.78 is 5.95. The van der Waals surface area contributed by atoms with Crippen molar-refractivity contribution in [3.8, 4) is 5.75 Å². The van der Waals surface area contributed by atoms with E-state index < -0.39 is 0 Å². The summed E-state index contributed by atoms with van der Waals surface area (Å²) in [6, 6.07) is 6.41. The van der Waals surface area contributed by atoms with Crippen molar-refractivity contribution in [2.45, 2.75) is 32.4 Å². The van der Waals surface area contributed by atoms with E-state index in [2.05, 4.69) is 43.8 Å². The molecule has 2 nitrogen and oxygen atoms in total. The van der Waals surface area contributed by atoms with Gasteiger partial charge in [0.2, 0.25) is 0 Å². The van der Waals surface area contributed by atoms with Gasteiger partial charge in [-0.1, -0.05) is 12.1 Å². The molecule has 0 aliphatic carbocycles. The molecule has 0 unspecified atom stereocenters. The summed E-state index contributed by atoms with van der Waals surface area (Å²) in [6.07, 6.45) is 3.23. The lowest BCUT2D eigenvalue weighted by Gasteiger charge is -2.32. The largest absolute Gasteiger partial charge is 0.488 e. The number of fused-ring (bicyclic) bond motifs is 1. The minimum atomic E-state index is -0.0642. The van der Waals surface area contributed by atoms with E-state index in [0.29, 0.717) is 0 Å². The Balaban J connectivity index is 2.27. The standard InChI is InChI=1S/C13H18NO/c1-13(2)7-6-11-5-4-10(9-14-3)8-12(11)15-13/h4-6,8,14H,7,9H2,1-3H3. The van der Waals surface area contributed by atoms with E-state index in [1.807, 2.05) is 7.05 Å². The second kappa shape index (κ2) is 3.86. The Morgan fingerprint density at radius 3 is 2.93 bits per heavy atom. The monoisotopic (exact) mass is 204 g/mol. The minimum absolute atomic E-state index is 0.0642. The highest BCUT2D eigenvalue weighted by Gasteiger charge is 2.26. The highest BCUT2D eigenvalue weighted by molar-refractivity contribution is 5.44. The van der Waals surface area contributed by atoms with Crippen molar-refractivity contribution < 1.29 is 4.74 Å². The Kier molecular flexibility index (Phi) is 2.70. The number of ether oxygens (including phenoxy) is 1. The van der Waals surface area contributed by atoms with Crippen molar-refractivity contribution >= 4 is 0 Å². The van der Waals surface area contributed by atoms with Crippen LogP contribution in [0, 0.1) is 6.42 Å². The van der Waals surface area contributed by atoms with Crippen molar-refractivity contribution in [3.63, 3.8) is 0 Å². The van der Waals surface area contributed by atoms with Crippen LogP contribution in [0.5, 0.6) is 5.75 Å². The first-order chi connectivity index (χ1) is 7.11. The zero-order valence-electron chi connectivity index (χ0n) is 9.63. The normalized spacial score (nSPS) is 18.1. The van der Waals surface area contributed by atoms with Crippen LogP contribution in [0.15, 0.2) is 18.2 Å². The Morgan fingerprint density at radius 2 is 2.20 bits per heavy atom. The van der Waals surface area contributed by atoms with Gasteiger partial charge in [0, 0.05) is 6.54 Å². The van der Waals surface area contributed by atoms with Crippen molar-refractivity contribution in [1.29, 1.82) is 0 Å². The van der Waals surface area contributed by atoms with Crippen LogP contribution in [0.2, 0.25) is 0 Å². The van der Waals surface area contributed by atoms with Gasteiger partial charge in [0.25, 0.3) is 0 Å². The quantitative estimate of drug-likeness (QED) is 0.799. The molecule has 2 heteroatoms. The van der Waals surface area contributed by atoms with Crippen LogP contribution in [0.25, 0.3) is 0 Å². The molecular formula is C13H18NO. The fourth-order valence-corrected chi connectivity index (χ4v) is 1.84. The Morgan fingerprint density at radius 1 is 1.40 bits per heavy atom. The molecule has 2 rings (SSSR count). The van der Waals surface area contributed by atoms with Gasteiger partial charge in [-0.3, -0.25) is 0 Å². The molecule has 1 heterocycles. The van der Waals surface area contributed by atoms with Crippen LogP contribution in [0.4, 0.5) is 0 Å². The minimum Gasteiger partial charge on any atom is -0.488 e. The molecule has 1 aromatic rings. The topological polar surface area (TPSA) is 21.3 Å². The molecule has 1 aliphatic rings. The maximum Gasteiger partial charge on any atom is 0.123 e. The zero-order chi connectivity index (χ0) is 10.9. The number of hydrogen-bond acceptors (Lipinski definition) is 2. The Labute approximate surface area is 91.6 Å². The maximum absolute atomic E-state index is 5.95. The number of benzene rings is 1. The summed E-state index contributed by atoms with van der Waals surface area (Å²) in [5.74, 6) is 1.01. The van der Waals surface area contributed by atoms with Gasteiger partial charge in [-0.15, -0.1) is 0 Å². The van der Waals surface area contributed by atoms with Crippen LogP contribution in [-0.4, -0.2) is 12.6 Å². The third-order valence-corrected chi connectivity index (χ3v) is 2.66. The Hall–Kier alpha value is -1.02. The van der Waals surface area contributed by atoms with E-state index in [1.54, 1.807) is 0 Å². The van der Waals surface area contributed by atoms with E-state index in [4.69, 9.17) is 4.74 Å². The fraction of sp³-hybridized carbons (Fsp3) is 0.462. The summed E-state index contributed by atoms with van der Waals surface area (Å²) >= 11 is 0. The molecule has 0 bridgehead atoms. The van der Waals surface area contributed by atoms with E-state index in [9.17, 15) is 0 Å². The maximum atomic E-state index is 5.95. The molecular weight excluding hydrogens is 186 g/mol. The van der Waals surface area contributed by atoms with Gasteiger partial charge in [-0.05, 0) is 50.9 Å². The number of rotatable bonds is 2. The molecule has 0 fully saturated rings. The second-order valence-electron chi connectivity index (χ2n) is 4.67. The lowest BCUT2D eigenvalue weighted by atomic mass is 9.93. The molecule has 0 amide bonds. The van der Waals surface area contributed by atoms with Crippen LogP contribution < -0.4 is 10.1 Å². The molecule has 0 atom stereocenters. The van der Waals surface area contributed by atoms with Crippen LogP contribution in [0.3, 0.4) is 0 Å². The third kappa shape index (κ3) is 2.32. The number of hydrogen-bond donors (Lipinski definition) is 1. The predicted molar refractivity (Wildman–Crippen MR) is 61.9 cm³/mol. The molecule has 0 saturated carbocycles. The zero-order valence-corrected chi connectivity index (χ0v) is 9.63. The van der Waals surface area contributed by atoms with Crippen LogP contribution >= 0.6 is 0 Å². The lowest BCUT2D eigenvalue weighted by molar-refractivity contribution is 0.0986. The van der Waals surface area contributed by atoms with Gasteiger partial charge >= 0.3 is 0 Å². The summed E-state index contributed by atoms with van der Waals surface area (Å²) in [4.78, 5) is 0. The van der Waals surface area contributed by atoms with Crippen LogP contribution in [0.1, 0.15) is 31.4 Å². The second-order valence-corrected chi connectivity index (χ2v) is 4.67. The van der Waals surface area contributed by atoms with Gasteiger partial charge in [0.1, 0.15) is 11.4 Å². The predicted octanol–water partition coefficient (Wildman–Crippen LogP) is 2.52. The summed E-state index contributed by atoms with van der Waals surface area (Å²) in [5.41, 5.74) is 2.42. The van der Waals surface area contributed by atoms with E-state index >= 15 is 0 Å². The molecule has 0 saturated heterocycles. The fourth-order valence-electron chi connectivity index (χ4n) is 1.84. The highest BCUT2D eigenvalue weighted by atomic mass is 16.5. The highest BCUT2D eigenvalue weighted by Crippen LogP contribution is 2.34. The SMILES string of the molecule is CNCc1ccc2c(c1)OC(C)(C)C[CH]2. The van der Waals surface area contributed by atoms with E-state index in [1.165, 1.54) is 11.1 Å². The molecule has 81 valence electrons. The summed E-state index contributed by atoms with van der Waals surface area (Å²) in [6.45, 7) is 5.13. The first kappa shape index (κ1) is 10.5. The van der Waals surface area contributed by atoms with Gasteiger partial charge in [0.05, 0.1) is 0 Å². The molecule has 1 radical (unpaired) electrons. The van der Waals surface area contributed by atoms with Gasteiger partial charge in [-0.2, -0.15) is 0 Å². The summed E-state index contributed by atoms with van der Waals surface area (Å²) in [5, 5.41) is 3.15. The van der Waals surface area contributed by atoms with E-state index in [0.717, 1.165) is 18.7 Å². The molecule has 1 aromatic carbocycles. The smallest absolute Gasteiger partial charge is 0.123 e. The molecule has 1 aliphatic heterocycles. The first-order valence-corrected chi connectivity index (χ1v) is 5.40. The average molecular weight is 204 g/mol. The lowest BCUT2D eigenvalue weighted by Crippen LogP contribution is -2.31. The van der Waals surface area contributed by atoms with Gasteiger partial charge in [0.15, 0.2) is 0 Å². The van der Waals surface area contributed by atoms with Gasteiger partial charge in [-0.25, -0.2) is 0 Å². The third-order valence-electron chi connectivity index (χ3n) is 2.66. The number of nitrogens with one attached hydrogen (secondary N) is 1. The summed E-state index contributed by atoms with van der Waals surface area (Å²) in [7, 11) is 1.95.